The summed E-state index contributed by atoms with van der Waals surface area (Å²) < 4.78 is 44.3. The van der Waals surface area contributed by atoms with E-state index < -0.39 is 11.9 Å². The third kappa shape index (κ3) is 3.18. The summed E-state index contributed by atoms with van der Waals surface area (Å²) in [5.41, 5.74) is 1.00. The molecule has 24 heavy (non-hydrogen) atoms. The third-order valence-electron chi connectivity index (χ3n) is 3.48. The number of benzene rings is 2. The molecule has 0 radical (unpaired) electrons. The lowest BCUT2D eigenvalue weighted by molar-refractivity contribution is -0.141. The maximum Gasteiger partial charge on any atom is 0.433 e. The number of terminal acetylenes is 1. The predicted octanol–water partition coefficient (Wildman–Crippen LogP) is 4.93. The van der Waals surface area contributed by atoms with Crippen LogP contribution in [0, 0.1) is 12.3 Å². The molecular weight excluding hydrogens is 315 g/mol. The molecule has 1 heterocycles. The summed E-state index contributed by atoms with van der Waals surface area (Å²) in [6.45, 7) is -0.119. The lowest BCUT2D eigenvalue weighted by atomic mass is 10.0. The van der Waals surface area contributed by atoms with Gasteiger partial charge in [0.15, 0.2) is 0 Å². The van der Waals surface area contributed by atoms with Gasteiger partial charge in [-0.05, 0) is 23.3 Å². The van der Waals surface area contributed by atoms with E-state index in [1.54, 1.807) is 18.2 Å². The van der Waals surface area contributed by atoms with Gasteiger partial charge in [-0.25, -0.2) is 4.98 Å². The second kappa shape index (κ2) is 6.25. The average Bonchev–Trinajstić information content (AvgIpc) is 2.59. The van der Waals surface area contributed by atoms with Gasteiger partial charge in [-0.3, -0.25) is 0 Å². The summed E-state index contributed by atoms with van der Waals surface area (Å²) in [5, 5.41) is 0.486. The Labute approximate surface area is 136 Å². The Hall–Kier alpha value is -3.00. The van der Waals surface area contributed by atoms with E-state index in [-0.39, 0.29) is 17.9 Å². The van der Waals surface area contributed by atoms with Gasteiger partial charge in [0.2, 0.25) is 0 Å². The standard InChI is InChI=1S/C19H12F3NO/c1-2-10-24-17-12-18(19(20,21)22)23-16-9-8-14(11-15(16)17)13-6-4-3-5-7-13/h1,3-9,11-12H,10H2. The van der Waals surface area contributed by atoms with E-state index in [1.165, 1.54) is 0 Å². The Balaban J connectivity index is 2.19. The fourth-order valence-corrected chi connectivity index (χ4v) is 2.39. The van der Waals surface area contributed by atoms with Gasteiger partial charge < -0.3 is 4.74 Å². The van der Waals surface area contributed by atoms with Crippen LogP contribution in [0.3, 0.4) is 0 Å². The molecule has 1 aromatic heterocycles. The number of aromatic nitrogens is 1. The Bertz CT molecular complexity index is 912. The number of fused-ring (bicyclic) bond motifs is 1. The largest absolute Gasteiger partial charge is 0.480 e. The number of alkyl halides is 3. The number of rotatable bonds is 3. The van der Waals surface area contributed by atoms with Crippen molar-refractivity contribution in [2.45, 2.75) is 6.18 Å². The van der Waals surface area contributed by atoms with Crippen molar-refractivity contribution < 1.29 is 17.9 Å². The van der Waals surface area contributed by atoms with E-state index in [4.69, 9.17) is 11.2 Å². The number of ether oxygens (including phenoxy) is 1. The van der Waals surface area contributed by atoms with E-state index in [0.29, 0.717) is 5.39 Å². The van der Waals surface area contributed by atoms with Gasteiger partial charge in [0.25, 0.3) is 0 Å². The highest BCUT2D eigenvalue weighted by molar-refractivity contribution is 5.89. The van der Waals surface area contributed by atoms with Crippen LogP contribution >= 0.6 is 0 Å². The molecule has 3 aromatic rings. The minimum Gasteiger partial charge on any atom is -0.480 e. The monoisotopic (exact) mass is 327 g/mol. The lowest BCUT2D eigenvalue weighted by Gasteiger charge is -2.13. The van der Waals surface area contributed by atoms with Crippen LogP contribution < -0.4 is 4.74 Å². The zero-order valence-corrected chi connectivity index (χ0v) is 12.5. The van der Waals surface area contributed by atoms with Crippen molar-refractivity contribution in [2.24, 2.45) is 0 Å². The van der Waals surface area contributed by atoms with Gasteiger partial charge >= 0.3 is 6.18 Å². The first-order chi connectivity index (χ1) is 11.5. The molecule has 0 spiro atoms. The minimum atomic E-state index is -4.56. The molecule has 0 aliphatic carbocycles. The Morgan fingerprint density at radius 1 is 1.00 bits per heavy atom. The van der Waals surface area contributed by atoms with Crippen LogP contribution in [0.15, 0.2) is 54.6 Å². The van der Waals surface area contributed by atoms with Gasteiger partial charge in [-0.15, -0.1) is 6.42 Å². The van der Waals surface area contributed by atoms with Crippen molar-refractivity contribution >= 4 is 10.9 Å². The van der Waals surface area contributed by atoms with Crippen molar-refractivity contribution in [2.75, 3.05) is 6.61 Å². The van der Waals surface area contributed by atoms with Crippen molar-refractivity contribution in [1.82, 2.24) is 4.98 Å². The molecule has 0 amide bonds. The molecule has 5 heteroatoms. The van der Waals surface area contributed by atoms with Crippen LogP contribution in [-0.4, -0.2) is 11.6 Å². The van der Waals surface area contributed by atoms with Crippen LogP contribution in [0.4, 0.5) is 13.2 Å². The molecule has 120 valence electrons. The summed E-state index contributed by atoms with van der Waals surface area (Å²) >= 11 is 0. The van der Waals surface area contributed by atoms with Gasteiger partial charge in [0.05, 0.1) is 5.52 Å². The van der Waals surface area contributed by atoms with E-state index in [9.17, 15) is 13.2 Å². The maximum atomic E-state index is 13.0. The highest BCUT2D eigenvalue weighted by atomic mass is 19.4. The summed E-state index contributed by atoms with van der Waals surface area (Å²) in [5.74, 6) is 2.33. The van der Waals surface area contributed by atoms with Crippen LogP contribution in [-0.2, 0) is 6.18 Å². The number of nitrogens with zero attached hydrogens (tertiary/aromatic N) is 1. The molecule has 0 atom stereocenters. The minimum absolute atomic E-state index is 0.0723. The summed E-state index contributed by atoms with van der Waals surface area (Å²) in [6, 6.07) is 15.4. The Morgan fingerprint density at radius 3 is 2.42 bits per heavy atom. The van der Waals surface area contributed by atoms with Crippen molar-refractivity contribution in [1.29, 1.82) is 0 Å². The molecule has 0 bridgehead atoms. The first-order valence-electron chi connectivity index (χ1n) is 7.13. The molecule has 0 fully saturated rings. The molecule has 0 saturated heterocycles. The zero-order valence-electron chi connectivity index (χ0n) is 12.5. The fourth-order valence-electron chi connectivity index (χ4n) is 2.39. The summed E-state index contributed by atoms with van der Waals surface area (Å²) in [4.78, 5) is 3.69. The van der Waals surface area contributed by atoms with Crippen molar-refractivity contribution in [3.8, 4) is 29.2 Å². The SMILES string of the molecule is C#CCOc1cc(C(F)(F)F)nc2ccc(-c3ccccc3)cc12. The van der Waals surface area contributed by atoms with Crippen molar-refractivity contribution in [3.63, 3.8) is 0 Å². The first kappa shape index (κ1) is 15.9. The van der Waals surface area contributed by atoms with Crippen LogP contribution in [0.5, 0.6) is 5.75 Å². The Morgan fingerprint density at radius 2 is 1.75 bits per heavy atom. The second-order valence-corrected chi connectivity index (χ2v) is 5.09. The zero-order chi connectivity index (χ0) is 17.2. The molecule has 2 aromatic carbocycles. The van der Waals surface area contributed by atoms with Gasteiger partial charge in [-0.2, -0.15) is 13.2 Å². The van der Waals surface area contributed by atoms with Crippen LogP contribution in [0.1, 0.15) is 5.69 Å². The third-order valence-corrected chi connectivity index (χ3v) is 3.48. The lowest BCUT2D eigenvalue weighted by Crippen LogP contribution is -2.09. The fraction of sp³-hybridized carbons (Fsp3) is 0.105. The number of hydrogen-bond acceptors (Lipinski definition) is 2. The molecule has 3 rings (SSSR count). The molecule has 0 aliphatic rings. The second-order valence-electron chi connectivity index (χ2n) is 5.09. The molecule has 0 unspecified atom stereocenters. The Kier molecular flexibility index (Phi) is 4.13. The highest BCUT2D eigenvalue weighted by Crippen LogP contribution is 2.35. The number of pyridine rings is 1. The molecule has 0 saturated carbocycles. The first-order valence-corrected chi connectivity index (χ1v) is 7.13. The highest BCUT2D eigenvalue weighted by Gasteiger charge is 2.33. The van der Waals surface area contributed by atoms with Gasteiger partial charge in [-0.1, -0.05) is 42.3 Å². The molecule has 2 nitrogen and oxygen atoms in total. The van der Waals surface area contributed by atoms with E-state index >= 15 is 0 Å². The molecular formula is C19H12F3NO. The van der Waals surface area contributed by atoms with E-state index in [1.807, 2.05) is 30.3 Å². The quantitative estimate of drug-likeness (QED) is 0.636. The van der Waals surface area contributed by atoms with Gasteiger partial charge in [0, 0.05) is 11.5 Å². The predicted molar refractivity (Wildman–Crippen MR) is 86.5 cm³/mol. The van der Waals surface area contributed by atoms with Crippen LogP contribution in [0.2, 0.25) is 0 Å². The topological polar surface area (TPSA) is 22.1 Å². The number of halogens is 3. The summed E-state index contributed by atoms with van der Waals surface area (Å²) in [7, 11) is 0. The normalized spacial score (nSPS) is 11.2. The van der Waals surface area contributed by atoms with Gasteiger partial charge in [0.1, 0.15) is 18.1 Å². The average molecular weight is 327 g/mol. The van der Waals surface area contributed by atoms with Crippen LogP contribution in [0.25, 0.3) is 22.0 Å². The molecule has 0 N–H and O–H groups in total. The summed E-state index contributed by atoms with van der Waals surface area (Å²) in [6.07, 6.45) is 0.597. The van der Waals surface area contributed by atoms with Crippen molar-refractivity contribution in [3.05, 3.63) is 60.3 Å². The van der Waals surface area contributed by atoms with E-state index in [2.05, 4.69) is 10.9 Å². The molecule has 0 aliphatic heterocycles. The maximum absolute atomic E-state index is 13.0. The van der Waals surface area contributed by atoms with E-state index in [0.717, 1.165) is 17.2 Å². The smallest absolute Gasteiger partial charge is 0.433 e. The number of hydrogen-bond donors (Lipinski definition) is 0.